The lowest BCUT2D eigenvalue weighted by Gasteiger charge is -2.16. The molecular formula is C24H26N4O2. The topological polar surface area (TPSA) is 67.2 Å². The van der Waals surface area contributed by atoms with Crippen LogP contribution in [0.4, 0.5) is 11.4 Å². The summed E-state index contributed by atoms with van der Waals surface area (Å²) in [5, 5.41) is 7.60. The highest BCUT2D eigenvalue weighted by Crippen LogP contribution is 2.23. The van der Waals surface area contributed by atoms with Crippen molar-refractivity contribution in [1.82, 2.24) is 9.78 Å². The zero-order chi connectivity index (χ0) is 21.1. The smallest absolute Gasteiger partial charge is 0.227 e. The zero-order valence-electron chi connectivity index (χ0n) is 17.4. The second-order valence-corrected chi connectivity index (χ2v) is 7.64. The van der Waals surface area contributed by atoms with E-state index in [2.05, 4.69) is 10.4 Å². The van der Waals surface area contributed by atoms with Gasteiger partial charge in [-0.05, 0) is 68.7 Å². The minimum atomic E-state index is -0.0359. The number of amides is 2. The molecule has 3 aromatic rings. The Balaban J connectivity index is 1.37. The summed E-state index contributed by atoms with van der Waals surface area (Å²) < 4.78 is 1.93. The van der Waals surface area contributed by atoms with Crippen LogP contribution < -0.4 is 10.2 Å². The van der Waals surface area contributed by atoms with Crippen molar-refractivity contribution >= 4 is 23.2 Å². The van der Waals surface area contributed by atoms with Crippen molar-refractivity contribution < 1.29 is 9.59 Å². The van der Waals surface area contributed by atoms with Gasteiger partial charge in [-0.2, -0.15) is 5.10 Å². The summed E-state index contributed by atoms with van der Waals surface area (Å²) in [7, 11) is 0. The molecule has 154 valence electrons. The maximum atomic E-state index is 12.5. The molecule has 1 saturated heterocycles. The first-order valence-electron chi connectivity index (χ1n) is 10.3. The highest BCUT2D eigenvalue weighted by Gasteiger charge is 2.21. The van der Waals surface area contributed by atoms with E-state index in [4.69, 9.17) is 0 Å². The van der Waals surface area contributed by atoms with E-state index in [1.54, 1.807) is 4.90 Å². The SMILES string of the molecule is Cc1nn(-c2ccccc2)c(C)c1CCC(=O)Nc1ccc(N2CCCC2=O)cc1. The van der Waals surface area contributed by atoms with E-state index in [-0.39, 0.29) is 11.8 Å². The van der Waals surface area contributed by atoms with Crippen LogP contribution in [0, 0.1) is 13.8 Å². The van der Waals surface area contributed by atoms with Crippen LogP contribution in [-0.2, 0) is 16.0 Å². The Hall–Kier alpha value is -3.41. The lowest BCUT2D eigenvalue weighted by atomic mass is 10.1. The largest absolute Gasteiger partial charge is 0.326 e. The van der Waals surface area contributed by atoms with Gasteiger partial charge in [-0.3, -0.25) is 9.59 Å². The van der Waals surface area contributed by atoms with E-state index in [9.17, 15) is 9.59 Å². The third kappa shape index (κ3) is 4.13. The third-order valence-corrected chi connectivity index (χ3v) is 5.58. The average Bonchev–Trinajstić information content (AvgIpc) is 3.30. The van der Waals surface area contributed by atoms with Crippen molar-refractivity contribution in [2.75, 3.05) is 16.8 Å². The Morgan fingerprint density at radius 1 is 1.03 bits per heavy atom. The fraction of sp³-hybridized carbons (Fsp3) is 0.292. The van der Waals surface area contributed by atoms with Crippen molar-refractivity contribution in [2.45, 2.75) is 39.5 Å². The van der Waals surface area contributed by atoms with Gasteiger partial charge in [0.15, 0.2) is 0 Å². The van der Waals surface area contributed by atoms with Crippen molar-refractivity contribution in [3.05, 3.63) is 71.5 Å². The van der Waals surface area contributed by atoms with Crippen LogP contribution in [-0.4, -0.2) is 28.1 Å². The minimum absolute atomic E-state index is 0.0359. The first-order valence-corrected chi connectivity index (χ1v) is 10.3. The molecule has 0 spiro atoms. The molecule has 0 atom stereocenters. The molecule has 0 bridgehead atoms. The molecule has 30 heavy (non-hydrogen) atoms. The number of benzene rings is 2. The molecule has 6 nitrogen and oxygen atoms in total. The third-order valence-electron chi connectivity index (χ3n) is 5.58. The van der Waals surface area contributed by atoms with E-state index in [0.717, 1.165) is 47.0 Å². The molecular weight excluding hydrogens is 376 g/mol. The van der Waals surface area contributed by atoms with E-state index in [0.29, 0.717) is 19.3 Å². The standard InChI is InChI=1S/C24H26N4O2/c1-17-22(18(2)28(26-17)21-7-4-3-5-8-21)14-15-23(29)25-19-10-12-20(13-11-19)27-16-6-9-24(27)30/h3-5,7-8,10-13H,6,9,14-16H2,1-2H3,(H,25,29). The molecule has 2 heterocycles. The molecule has 0 aliphatic carbocycles. The normalized spacial score (nSPS) is 13.7. The summed E-state index contributed by atoms with van der Waals surface area (Å²) in [6, 6.07) is 17.5. The summed E-state index contributed by atoms with van der Waals surface area (Å²) in [5.74, 6) is 0.125. The first kappa shape index (κ1) is 19.9. The van der Waals surface area contributed by atoms with Gasteiger partial charge in [-0.1, -0.05) is 18.2 Å². The number of carbonyl (C=O) groups is 2. The fourth-order valence-electron chi connectivity index (χ4n) is 3.97. The Bertz CT molecular complexity index is 1050. The summed E-state index contributed by atoms with van der Waals surface area (Å²) in [6.45, 7) is 4.79. The molecule has 0 radical (unpaired) electrons. The van der Waals surface area contributed by atoms with Crippen LogP contribution in [0.5, 0.6) is 0 Å². The highest BCUT2D eigenvalue weighted by molar-refractivity contribution is 5.96. The van der Waals surface area contributed by atoms with Crippen molar-refractivity contribution in [3.63, 3.8) is 0 Å². The molecule has 0 unspecified atom stereocenters. The van der Waals surface area contributed by atoms with E-state index in [1.807, 2.05) is 73.1 Å². The molecule has 1 fully saturated rings. The van der Waals surface area contributed by atoms with Crippen LogP contribution >= 0.6 is 0 Å². The Morgan fingerprint density at radius 2 is 1.77 bits per heavy atom. The van der Waals surface area contributed by atoms with Crippen LogP contribution in [0.2, 0.25) is 0 Å². The Kier molecular flexibility index (Phi) is 5.65. The second-order valence-electron chi connectivity index (χ2n) is 7.64. The van der Waals surface area contributed by atoms with Crippen molar-refractivity contribution in [2.24, 2.45) is 0 Å². The predicted octanol–water partition coefficient (Wildman–Crippen LogP) is 4.19. The summed E-state index contributed by atoms with van der Waals surface area (Å²) >= 11 is 0. The second kappa shape index (κ2) is 8.53. The van der Waals surface area contributed by atoms with Gasteiger partial charge in [0.1, 0.15) is 0 Å². The number of nitrogens with zero attached hydrogens (tertiary/aromatic N) is 3. The van der Waals surface area contributed by atoms with Crippen molar-refractivity contribution in [3.8, 4) is 5.69 Å². The maximum absolute atomic E-state index is 12.5. The van der Waals surface area contributed by atoms with Gasteiger partial charge in [-0.15, -0.1) is 0 Å². The van der Waals surface area contributed by atoms with E-state index in [1.165, 1.54) is 0 Å². The number of carbonyl (C=O) groups excluding carboxylic acids is 2. The van der Waals surface area contributed by atoms with Gasteiger partial charge in [-0.25, -0.2) is 4.68 Å². The Morgan fingerprint density at radius 3 is 2.43 bits per heavy atom. The quantitative estimate of drug-likeness (QED) is 0.672. The molecule has 2 amide bonds. The lowest BCUT2D eigenvalue weighted by molar-refractivity contribution is -0.117. The van der Waals surface area contributed by atoms with E-state index < -0.39 is 0 Å². The number of aryl methyl sites for hydroxylation is 1. The zero-order valence-corrected chi connectivity index (χ0v) is 17.4. The molecule has 2 aromatic carbocycles. The number of aromatic nitrogens is 2. The number of rotatable bonds is 6. The number of nitrogens with one attached hydrogen (secondary N) is 1. The molecule has 1 aliphatic heterocycles. The molecule has 1 aromatic heterocycles. The number of para-hydroxylation sites is 1. The van der Waals surface area contributed by atoms with Gasteiger partial charge in [0.2, 0.25) is 11.8 Å². The lowest BCUT2D eigenvalue weighted by Crippen LogP contribution is -2.23. The molecule has 1 N–H and O–H groups in total. The maximum Gasteiger partial charge on any atom is 0.227 e. The highest BCUT2D eigenvalue weighted by atomic mass is 16.2. The summed E-state index contributed by atoms with van der Waals surface area (Å²) in [4.78, 5) is 26.1. The van der Waals surface area contributed by atoms with Crippen LogP contribution in [0.25, 0.3) is 5.69 Å². The number of hydrogen-bond acceptors (Lipinski definition) is 3. The molecule has 1 aliphatic rings. The van der Waals surface area contributed by atoms with Crippen LogP contribution in [0.15, 0.2) is 54.6 Å². The Labute approximate surface area is 176 Å². The van der Waals surface area contributed by atoms with Gasteiger partial charge in [0.05, 0.1) is 11.4 Å². The van der Waals surface area contributed by atoms with Gasteiger partial charge in [0.25, 0.3) is 0 Å². The van der Waals surface area contributed by atoms with Gasteiger partial charge in [0, 0.05) is 36.5 Å². The molecule has 0 saturated carbocycles. The number of hydrogen-bond donors (Lipinski definition) is 1. The summed E-state index contributed by atoms with van der Waals surface area (Å²) in [5.41, 5.74) is 5.76. The molecule has 6 heteroatoms. The van der Waals surface area contributed by atoms with Crippen LogP contribution in [0.3, 0.4) is 0 Å². The number of anilines is 2. The monoisotopic (exact) mass is 402 g/mol. The first-order chi connectivity index (χ1) is 14.5. The van der Waals surface area contributed by atoms with Gasteiger partial charge < -0.3 is 10.2 Å². The molecule has 4 rings (SSSR count). The van der Waals surface area contributed by atoms with Crippen LogP contribution in [0.1, 0.15) is 36.2 Å². The summed E-state index contributed by atoms with van der Waals surface area (Å²) in [6.07, 6.45) is 2.53. The fourth-order valence-corrected chi connectivity index (χ4v) is 3.97. The minimum Gasteiger partial charge on any atom is -0.326 e. The van der Waals surface area contributed by atoms with E-state index >= 15 is 0 Å². The average molecular weight is 402 g/mol. The van der Waals surface area contributed by atoms with Crippen molar-refractivity contribution in [1.29, 1.82) is 0 Å². The predicted molar refractivity (Wildman–Crippen MR) is 118 cm³/mol. The van der Waals surface area contributed by atoms with Gasteiger partial charge >= 0.3 is 0 Å².